The lowest BCUT2D eigenvalue weighted by atomic mass is 10.1. The van der Waals surface area contributed by atoms with Crippen LogP contribution in [0, 0.1) is 5.82 Å². The molecule has 0 saturated carbocycles. The number of anilines is 1. The summed E-state index contributed by atoms with van der Waals surface area (Å²) in [5.41, 5.74) is 0.920. The maximum absolute atomic E-state index is 13.7. The number of hydrogen-bond donors (Lipinski definition) is 1. The summed E-state index contributed by atoms with van der Waals surface area (Å²) >= 11 is 8.75. The van der Waals surface area contributed by atoms with Crippen LogP contribution in [-0.4, -0.2) is 14.3 Å². The summed E-state index contributed by atoms with van der Waals surface area (Å²) in [5, 5.41) is 0. The lowest BCUT2D eigenvalue weighted by molar-refractivity contribution is 0.598. The van der Waals surface area contributed by atoms with Gasteiger partial charge >= 0.3 is 0 Å². The zero-order valence-corrected chi connectivity index (χ0v) is 14.7. The summed E-state index contributed by atoms with van der Waals surface area (Å²) in [6.45, 7) is 0. The van der Waals surface area contributed by atoms with Crippen molar-refractivity contribution in [2.24, 2.45) is 0 Å². The largest absolute Gasteiger partial charge is 0.277 e. The standard InChI is InChI=1S/C15H14BrClFNO2S/c16-12-5-8-15(14(18)10-12)19-22(20,21)13-6-3-11(4-7-13)2-1-9-17/h3-8,10,19H,1-2,9H2. The summed E-state index contributed by atoms with van der Waals surface area (Å²) in [4.78, 5) is 0.0874. The molecule has 0 heterocycles. The van der Waals surface area contributed by atoms with E-state index in [0.29, 0.717) is 10.4 Å². The Labute approximate surface area is 142 Å². The lowest BCUT2D eigenvalue weighted by Crippen LogP contribution is -2.14. The maximum atomic E-state index is 13.7. The molecule has 0 unspecified atom stereocenters. The van der Waals surface area contributed by atoms with Crippen molar-refractivity contribution < 1.29 is 12.8 Å². The molecule has 0 aliphatic rings. The molecule has 0 aromatic heterocycles. The molecule has 7 heteroatoms. The first-order chi connectivity index (χ1) is 10.4. The molecule has 0 aliphatic carbocycles. The average Bonchev–Trinajstić information content (AvgIpc) is 2.48. The number of alkyl halides is 1. The summed E-state index contributed by atoms with van der Waals surface area (Å²) in [6, 6.07) is 10.6. The lowest BCUT2D eigenvalue weighted by Gasteiger charge is -2.10. The smallest absolute Gasteiger partial charge is 0.261 e. The van der Waals surface area contributed by atoms with Gasteiger partial charge in [0, 0.05) is 10.4 Å². The molecule has 0 spiro atoms. The average molecular weight is 407 g/mol. The van der Waals surface area contributed by atoms with Crippen LogP contribution < -0.4 is 4.72 Å². The summed E-state index contributed by atoms with van der Waals surface area (Å²) in [5.74, 6) is -0.0820. The normalized spacial score (nSPS) is 11.4. The van der Waals surface area contributed by atoms with E-state index in [1.807, 2.05) is 0 Å². The van der Waals surface area contributed by atoms with Gasteiger partial charge in [-0.25, -0.2) is 12.8 Å². The molecule has 118 valence electrons. The molecule has 0 atom stereocenters. The van der Waals surface area contributed by atoms with Crippen molar-refractivity contribution in [3.63, 3.8) is 0 Å². The van der Waals surface area contributed by atoms with Gasteiger partial charge in [-0.1, -0.05) is 28.1 Å². The molecule has 0 radical (unpaired) electrons. The SMILES string of the molecule is O=S(=O)(Nc1ccc(Br)cc1F)c1ccc(CCCCl)cc1. The Kier molecular flexibility index (Phi) is 5.83. The van der Waals surface area contributed by atoms with Gasteiger partial charge in [-0.05, 0) is 48.7 Å². The van der Waals surface area contributed by atoms with E-state index in [9.17, 15) is 12.8 Å². The summed E-state index contributed by atoms with van der Waals surface area (Å²) in [6.07, 6.45) is 1.62. The van der Waals surface area contributed by atoms with Crippen LogP contribution in [0.15, 0.2) is 51.8 Å². The minimum Gasteiger partial charge on any atom is -0.277 e. The number of aryl methyl sites for hydroxylation is 1. The molecule has 2 aromatic rings. The molecular formula is C15H14BrClFNO2S. The van der Waals surface area contributed by atoms with Gasteiger partial charge in [0.25, 0.3) is 10.0 Å². The van der Waals surface area contributed by atoms with E-state index in [4.69, 9.17) is 11.6 Å². The van der Waals surface area contributed by atoms with Crippen molar-refractivity contribution in [2.75, 3.05) is 10.6 Å². The molecule has 0 aliphatic heterocycles. The zero-order chi connectivity index (χ0) is 16.2. The second-order valence-corrected chi connectivity index (χ2v) is 7.64. The van der Waals surface area contributed by atoms with Crippen LogP contribution in [0.25, 0.3) is 0 Å². The van der Waals surface area contributed by atoms with Crippen molar-refractivity contribution >= 4 is 43.2 Å². The van der Waals surface area contributed by atoms with Gasteiger partial charge < -0.3 is 0 Å². The molecule has 0 amide bonds. The molecule has 0 saturated heterocycles. The van der Waals surface area contributed by atoms with Crippen LogP contribution in [0.1, 0.15) is 12.0 Å². The van der Waals surface area contributed by atoms with Crippen molar-refractivity contribution in [3.05, 3.63) is 58.3 Å². The second-order valence-electron chi connectivity index (χ2n) is 4.67. The highest BCUT2D eigenvalue weighted by molar-refractivity contribution is 9.10. The molecule has 22 heavy (non-hydrogen) atoms. The number of halogens is 3. The third-order valence-electron chi connectivity index (χ3n) is 3.01. The monoisotopic (exact) mass is 405 g/mol. The van der Waals surface area contributed by atoms with E-state index < -0.39 is 15.8 Å². The van der Waals surface area contributed by atoms with Gasteiger partial charge in [-0.3, -0.25) is 4.72 Å². The van der Waals surface area contributed by atoms with E-state index in [2.05, 4.69) is 20.7 Å². The predicted octanol–water partition coefficient (Wildman–Crippen LogP) is 4.56. The quantitative estimate of drug-likeness (QED) is 0.715. The highest BCUT2D eigenvalue weighted by Crippen LogP contribution is 2.22. The second kappa shape index (κ2) is 7.44. The molecule has 3 nitrogen and oxygen atoms in total. The Morgan fingerprint density at radius 1 is 1.14 bits per heavy atom. The first kappa shape index (κ1) is 17.2. The van der Waals surface area contributed by atoms with Crippen LogP contribution in [0.4, 0.5) is 10.1 Å². The molecule has 2 rings (SSSR count). The van der Waals surface area contributed by atoms with Crippen molar-refractivity contribution in [3.8, 4) is 0 Å². The minimum absolute atomic E-state index is 0.0874. The fourth-order valence-electron chi connectivity index (χ4n) is 1.88. The summed E-state index contributed by atoms with van der Waals surface area (Å²) in [7, 11) is -3.82. The molecular weight excluding hydrogens is 393 g/mol. The first-order valence-corrected chi connectivity index (χ1v) is 9.36. The Bertz CT molecular complexity index is 751. The first-order valence-electron chi connectivity index (χ1n) is 6.55. The van der Waals surface area contributed by atoms with E-state index in [0.717, 1.165) is 18.4 Å². The minimum atomic E-state index is -3.82. The third-order valence-corrected chi connectivity index (χ3v) is 5.15. The number of sulfonamides is 1. The van der Waals surface area contributed by atoms with E-state index in [1.165, 1.54) is 24.3 Å². The zero-order valence-electron chi connectivity index (χ0n) is 11.5. The predicted molar refractivity (Wildman–Crippen MR) is 90.4 cm³/mol. The molecule has 2 aromatic carbocycles. The van der Waals surface area contributed by atoms with Crippen LogP contribution in [0.5, 0.6) is 0 Å². The van der Waals surface area contributed by atoms with Crippen molar-refractivity contribution in [1.82, 2.24) is 0 Å². The molecule has 0 bridgehead atoms. The van der Waals surface area contributed by atoms with E-state index >= 15 is 0 Å². The van der Waals surface area contributed by atoms with Crippen LogP contribution >= 0.6 is 27.5 Å². The number of benzene rings is 2. The number of nitrogens with one attached hydrogen (secondary N) is 1. The van der Waals surface area contributed by atoms with Crippen LogP contribution in [-0.2, 0) is 16.4 Å². The highest BCUT2D eigenvalue weighted by atomic mass is 79.9. The van der Waals surface area contributed by atoms with Gasteiger partial charge in [0.1, 0.15) is 5.82 Å². The Morgan fingerprint density at radius 3 is 2.41 bits per heavy atom. The van der Waals surface area contributed by atoms with Gasteiger partial charge in [-0.15, -0.1) is 11.6 Å². The van der Waals surface area contributed by atoms with Crippen LogP contribution in [0.2, 0.25) is 0 Å². The topological polar surface area (TPSA) is 46.2 Å². The number of hydrogen-bond acceptors (Lipinski definition) is 2. The number of rotatable bonds is 6. The Balaban J connectivity index is 2.19. The molecule has 1 N–H and O–H groups in total. The fraction of sp³-hybridized carbons (Fsp3) is 0.200. The van der Waals surface area contributed by atoms with Gasteiger partial charge in [0.05, 0.1) is 10.6 Å². The maximum Gasteiger partial charge on any atom is 0.261 e. The van der Waals surface area contributed by atoms with Crippen molar-refractivity contribution in [2.45, 2.75) is 17.7 Å². The van der Waals surface area contributed by atoms with Crippen LogP contribution in [0.3, 0.4) is 0 Å². The van der Waals surface area contributed by atoms with E-state index in [-0.39, 0.29) is 10.6 Å². The van der Waals surface area contributed by atoms with Gasteiger partial charge in [0.15, 0.2) is 0 Å². The van der Waals surface area contributed by atoms with Gasteiger partial charge in [-0.2, -0.15) is 0 Å². The van der Waals surface area contributed by atoms with Gasteiger partial charge in [0.2, 0.25) is 0 Å². The fourth-order valence-corrected chi connectivity index (χ4v) is 3.42. The Hall–Kier alpha value is -1.11. The Morgan fingerprint density at radius 2 is 1.82 bits per heavy atom. The van der Waals surface area contributed by atoms with E-state index in [1.54, 1.807) is 18.2 Å². The van der Waals surface area contributed by atoms with Crippen molar-refractivity contribution in [1.29, 1.82) is 0 Å². The summed E-state index contributed by atoms with van der Waals surface area (Å²) < 4.78 is 41.0. The molecule has 0 fully saturated rings. The highest BCUT2D eigenvalue weighted by Gasteiger charge is 2.16. The third kappa shape index (κ3) is 4.44.